The summed E-state index contributed by atoms with van der Waals surface area (Å²) in [6.07, 6.45) is 12.3. The van der Waals surface area contributed by atoms with Crippen molar-refractivity contribution in [1.82, 2.24) is 15.5 Å². The number of nitrogens with one attached hydrogen (secondary N) is 2. The van der Waals surface area contributed by atoms with Crippen LogP contribution >= 0.6 is 0 Å². The van der Waals surface area contributed by atoms with Gasteiger partial charge in [-0.05, 0) is 90.8 Å². The standard InChI is InChI=1S/C24H47N3O/c1-7-9-19(3)23(8-2)25-22-11-10-20(18-28-6)16-24(4,17-22)26-21-12-14-27(5)15-13-21/h8,19-22,25-26H,7,9-18H2,1-6H3/b23-8-. The molecule has 4 unspecified atom stereocenters. The van der Waals surface area contributed by atoms with E-state index in [0.717, 1.165) is 6.61 Å². The van der Waals surface area contributed by atoms with Gasteiger partial charge in [0.2, 0.25) is 0 Å². The Labute approximate surface area is 174 Å². The highest BCUT2D eigenvalue weighted by molar-refractivity contribution is 5.06. The lowest BCUT2D eigenvalue weighted by Gasteiger charge is -2.40. The number of methoxy groups -OCH3 is 1. The number of ether oxygens (including phenoxy) is 1. The largest absolute Gasteiger partial charge is 0.386 e. The van der Waals surface area contributed by atoms with Gasteiger partial charge in [0.25, 0.3) is 0 Å². The van der Waals surface area contributed by atoms with Crippen molar-refractivity contribution in [2.45, 2.75) is 96.7 Å². The average Bonchev–Trinajstić information content (AvgIpc) is 2.80. The highest BCUT2D eigenvalue weighted by Crippen LogP contribution is 2.33. The van der Waals surface area contributed by atoms with Crippen molar-refractivity contribution >= 4 is 0 Å². The van der Waals surface area contributed by atoms with Crippen LogP contribution in [0.25, 0.3) is 0 Å². The number of rotatable bonds is 9. The van der Waals surface area contributed by atoms with Crippen molar-refractivity contribution in [3.05, 3.63) is 11.8 Å². The van der Waals surface area contributed by atoms with Gasteiger partial charge < -0.3 is 20.3 Å². The summed E-state index contributed by atoms with van der Waals surface area (Å²) in [5.41, 5.74) is 1.63. The third-order valence-corrected chi connectivity index (χ3v) is 6.97. The van der Waals surface area contributed by atoms with E-state index >= 15 is 0 Å². The molecule has 1 aliphatic carbocycles. The van der Waals surface area contributed by atoms with Crippen LogP contribution < -0.4 is 10.6 Å². The lowest BCUT2D eigenvalue weighted by Crippen LogP contribution is -2.54. The van der Waals surface area contributed by atoms with E-state index in [9.17, 15) is 0 Å². The smallest absolute Gasteiger partial charge is 0.0491 e. The average molecular weight is 394 g/mol. The predicted molar refractivity (Wildman–Crippen MR) is 121 cm³/mol. The predicted octanol–water partition coefficient (Wildman–Crippen LogP) is 4.56. The fraction of sp³-hybridized carbons (Fsp3) is 0.917. The van der Waals surface area contributed by atoms with E-state index < -0.39 is 0 Å². The summed E-state index contributed by atoms with van der Waals surface area (Å²) in [5, 5.41) is 8.08. The molecule has 1 aliphatic heterocycles. The molecule has 0 bridgehead atoms. The zero-order valence-corrected chi connectivity index (χ0v) is 19.5. The van der Waals surface area contributed by atoms with Crippen LogP contribution in [0.4, 0.5) is 0 Å². The maximum Gasteiger partial charge on any atom is 0.0491 e. The molecule has 2 aliphatic rings. The Bertz CT molecular complexity index is 472. The Balaban J connectivity index is 2.06. The molecule has 4 atom stereocenters. The van der Waals surface area contributed by atoms with E-state index in [-0.39, 0.29) is 5.54 Å². The lowest BCUT2D eigenvalue weighted by molar-refractivity contribution is 0.119. The maximum absolute atomic E-state index is 5.58. The van der Waals surface area contributed by atoms with Crippen molar-refractivity contribution in [2.24, 2.45) is 11.8 Å². The normalized spacial score (nSPS) is 32.1. The molecular weight excluding hydrogens is 346 g/mol. The van der Waals surface area contributed by atoms with E-state index in [1.807, 2.05) is 7.11 Å². The Morgan fingerprint density at radius 3 is 2.50 bits per heavy atom. The second kappa shape index (κ2) is 11.6. The molecule has 0 aromatic carbocycles. The zero-order chi connectivity index (χ0) is 20.6. The zero-order valence-electron chi connectivity index (χ0n) is 19.5. The summed E-state index contributed by atoms with van der Waals surface area (Å²) in [7, 11) is 4.10. The summed E-state index contributed by atoms with van der Waals surface area (Å²) in [5.74, 6) is 1.28. The molecule has 1 saturated heterocycles. The van der Waals surface area contributed by atoms with Crippen LogP contribution in [0.1, 0.15) is 79.1 Å². The van der Waals surface area contributed by atoms with Gasteiger partial charge in [-0.1, -0.05) is 26.3 Å². The summed E-state index contributed by atoms with van der Waals surface area (Å²) in [4.78, 5) is 2.46. The van der Waals surface area contributed by atoms with Crippen LogP contribution in [-0.4, -0.2) is 56.4 Å². The molecule has 2 rings (SSSR count). The van der Waals surface area contributed by atoms with Gasteiger partial charge in [-0.25, -0.2) is 0 Å². The molecule has 1 heterocycles. The second-order valence-electron chi connectivity index (χ2n) is 9.86. The molecule has 2 N–H and O–H groups in total. The van der Waals surface area contributed by atoms with E-state index in [1.165, 1.54) is 70.2 Å². The molecule has 164 valence electrons. The summed E-state index contributed by atoms with van der Waals surface area (Å²) >= 11 is 0. The SMILES string of the molecule is C/C=C(\NC1CCC(COC)CC(C)(NC2CCN(C)CC2)C1)C(C)CCC. The van der Waals surface area contributed by atoms with Crippen LogP contribution in [0.5, 0.6) is 0 Å². The van der Waals surface area contributed by atoms with Gasteiger partial charge in [0.05, 0.1) is 0 Å². The van der Waals surface area contributed by atoms with E-state index in [2.05, 4.69) is 56.4 Å². The molecule has 0 aromatic rings. The third-order valence-electron chi connectivity index (χ3n) is 6.97. The first-order chi connectivity index (χ1) is 13.4. The third kappa shape index (κ3) is 7.35. The van der Waals surface area contributed by atoms with Crippen LogP contribution in [0.2, 0.25) is 0 Å². The monoisotopic (exact) mass is 393 g/mol. The van der Waals surface area contributed by atoms with Crippen LogP contribution in [0.3, 0.4) is 0 Å². The highest BCUT2D eigenvalue weighted by Gasteiger charge is 2.36. The van der Waals surface area contributed by atoms with E-state index in [4.69, 9.17) is 4.74 Å². The highest BCUT2D eigenvalue weighted by atomic mass is 16.5. The van der Waals surface area contributed by atoms with Gasteiger partial charge in [0.1, 0.15) is 0 Å². The quantitative estimate of drug-likeness (QED) is 0.563. The summed E-state index contributed by atoms with van der Waals surface area (Å²) in [6, 6.07) is 1.21. The molecule has 4 heteroatoms. The number of allylic oxidation sites excluding steroid dienone is 2. The second-order valence-corrected chi connectivity index (χ2v) is 9.86. The number of hydrogen-bond donors (Lipinski definition) is 2. The first-order valence-corrected chi connectivity index (χ1v) is 11.8. The van der Waals surface area contributed by atoms with Crippen molar-refractivity contribution < 1.29 is 4.74 Å². The Hall–Kier alpha value is -0.580. The van der Waals surface area contributed by atoms with Gasteiger partial charge in [-0.2, -0.15) is 0 Å². The fourth-order valence-electron chi connectivity index (χ4n) is 5.50. The van der Waals surface area contributed by atoms with Gasteiger partial charge in [-0.3, -0.25) is 0 Å². The molecule has 1 saturated carbocycles. The first kappa shape index (κ1) is 23.7. The molecule has 2 fully saturated rings. The van der Waals surface area contributed by atoms with Crippen molar-refractivity contribution in [2.75, 3.05) is 33.9 Å². The minimum atomic E-state index is 0.185. The molecule has 28 heavy (non-hydrogen) atoms. The number of piperidine rings is 1. The summed E-state index contributed by atoms with van der Waals surface area (Å²) in [6.45, 7) is 12.6. The van der Waals surface area contributed by atoms with Gasteiger partial charge in [-0.15, -0.1) is 0 Å². The minimum absolute atomic E-state index is 0.185. The van der Waals surface area contributed by atoms with Gasteiger partial charge in [0, 0.05) is 37.0 Å². The molecular formula is C24H47N3O. The minimum Gasteiger partial charge on any atom is -0.386 e. The number of likely N-dealkylation sites (tertiary alicyclic amines) is 1. The summed E-state index contributed by atoms with van der Waals surface area (Å²) < 4.78 is 5.58. The van der Waals surface area contributed by atoms with Gasteiger partial charge in [0.15, 0.2) is 0 Å². The number of nitrogens with zero attached hydrogens (tertiary/aromatic N) is 1. The fourth-order valence-corrected chi connectivity index (χ4v) is 5.50. The van der Waals surface area contributed by atoms with Crippen molar-refractivity contribution in [1.29, 1.82) is 0 Å². The molecule has 0 aromatic heterocycles. The van der Waals surface area contributed by atoms with Crippen LogP contribution in [-0.2, 0) is 4.74 Å². The van der Waals surface area contributed by atoms with E-state index in [0.29, 0.717) is 23.9 Å². The molecule has 0 spiro atoms. The van der Waals surface area contributed by atoms with Crippen LogP contribution in [0, 0.1) is 11.8 Å². The Morgan fingerprint density at radius 2 is 1.89 bits per heavy atom. The van der Waals surface area contributed by atoms with E-state index in [1.54, 1.807) is 0 Å². The maximum atomic E-state index is 5.58. The first-order valence-electron chi connectivity index (χ1n) is 11.8. The van der Waals surface area contributed by atoms with Crippen LogP contribution in [0.15, 0.2) is 11.8 Å². The van der Waals surface area contributed by atoms with Crippen molar-refractivity contribution in [3.8, 4) is 0 Å². The Kier molecular flexibility index (Phi) is 9.79. The van der Waals surface area contributed by atoms with Crippen molar-refractivity contribution in [3.63, 3.8) is 0 Å². The number of hydrogen-bond acceptors (Lipinski definition) is 4. The topological polar surface area (TPSA) is 36.5 Å². The van der Waals surface area contributed by atoms with Gasteiger partial charge >= 0.3 is 0 Å². The molecule has 4 nitrogen and oxygen atoms in total. The lowest BCUT2D eigenvalue weighted by atomic mass is 9.85. The molecule has 0 radical (unpaired) electrons. The molecule has 0 amide bonds. The Morgan fingerprint density at radius 1 is 1.18 bits per heavy atom.